The monoisotopic (exact) mass is 579 g/mol. The Kier molecular flexibility index (Phi) is 6.49. The predicted molar refractivity (Wildman–Crippen MR) is 177 cm³/mol. The summed E-state index contributed by atoms with van der Waals surface area (Å²) in [4.78, 5) is 18.0. The molecular formula is C36H33N7O. The van der Waals surface area contributed by atoms with E-state index in [1.165, 1.54) is 11.1 Å². The molecule has 8 heteroatoms. The van der Waals surface area contributed by atoms with Crippen molar-refractivity contribution in [3.8, 4) is 28.4 Å². The molecule has 0 radical (unpaired) electrons. The van der Waals surface area contributed by atoms with Gasteiger partial charge in [-0.25, -0.2) is 4.98 Å². The van der Waals surface area contributed by atoms with E-state index in [-0.39, 0.29) is 0 Å². The zero-order valence-electron chi connectivity index (χ0n) is 24.9. The summed E-state index contributed by atoms with van der Waals surface area (Å²) in [6, 6.07) is 29.6. The first kappa shape index (κ1) is 26.4. The number of hydrogen-bond acceptors (Lipinski definition) is 6. The summed E-state index contributed by atoms with van der Waals surface area (Å²) in [7, 11) is 3.87. The van der Waals surface area contributed by atoms with Crippen molar-refractivity contribution in [3.63, 3.8) is 0 Å². The molecule has 8 rings (SSSR count). The van der Waals surface area contributed by atoms with Crippen LogP contribution < -0.4 is 9.64 Å². The zero-order valence-corrected chi connectivity index (χ0v) is 24.9. The number of pyridine rings is 1. The number of aromatic amines is 1. The number of imidazole rings is 1. The molecule has 0 amide bonds. The molecule has 1 N–H and O–H groups in total. The van der Waals surface area contributed by atoms with Crippen molar-refractivity contribution in [3.05, 3.63) is 103 Å². The standard InChI is InChI=1S/C36H33N7O/c1-41-15-17-42(18-16-41)27-10-13-32-33(20-27)39-36(38-32)35-30-19-25(31-22-37-21-26-5-3-4-6-29(26)31)9-14-34(30)43(40-35)23-24-7-11-28(44-2)12-8-24/h3-14,19-22H,15-18,23H2,1-2H3,(H,38,39). The van der Waals surface area contributed by atoms with Gasteiger partial charge in [0.1, 0.15) is 11.4 Å². The zero-order chi connectivity index (χ0) is 29.6. The van der Waals surface area contributed by atoms with Gasteiger partial charge in [-0.05, 0) is 66.0 Å². The Balaban J connectivity index is 1.25. The highest BCUT2D eigenvalue weighted by molar-refractivity contribution is 6.01. The maximum absolute atomic E-state index is 5.37. The Hall–Kier alpha value is -5.21. The summed E-state index contributed by atoms with van der Waals surface area (Å²) in [6.07, 6.45) is 3.87. The highest BCUT2D eigenvalue weighted by Gasteiger charge is 2.19. The molecule has 218 valence electrons. The number of nitrogens with one attached hydrogen (secondary N) is 1. The quantitative estimate of drug-likeness (QED) is 0.239. The minimum absolute atomic E-state index is 0.628. The first-order valence-corrected chi connectivity index (χ1v) is 15.0. The third-order valence-electron chi connectivity index (χ3n) is 8.78. The van der Waals surface area contributed by atoms with Gasteiger partial charge in [-0.1, -0.05) is 42.5 Å². The van der Waals surface area contributed by atoms with Crippen LogP contribution in [0.25, 0.3) is 55.4 Å². The number of nitrogens with zero attached hydrogens (tertiary/aromatic N) is 6. The fourth-order valence-electron chi connectivity index (χ4n) is 6.26. The molecule has 4 heterocycles. The number of piperazine rings is 1. The number of benzene rings is 4. The minimum atomic E-state index is 0.628. The molecule has 7 aromatic rings. The van der Waals surface area contributed by atoms with E-state index in [1.54, 1.807) is 7.11 Å². The number of anilines is 1. The van der Waals surface area contributed by atoms with E-state index in [2.05, 4.69) is 104 Å². The highest BCUT2D eigenvalue weighted by Crippen LogP contribution is 2.35. The summed E-state index contributed by atoms with van der Waals surface area (Å²) in [6.45, 7) is 4.80. The van der Waals surface area contributed by atoms with Crippen molar-refractivity contribution in [1.29, 1.82) is 0 Å². The lowest BCUT2D eigenvalue weighted by Gasteiger charge is -2.34. The molecule has 0 spiro atoms. The number of fused-ring (bicyclic) bond motifs is 3. The van der Waals surface area contributed by atoms with Crippen LogP contribution in [0.4, 0.5) is 5.69 Å². The third-order valence-corrected chi connectivity index (χ3v) is 8.78. The lowest BCUT2D eigenvalue weighted by Crippen LogP contribution is -2.44. The Morgan fingerprint density at radius 1 is 0.841 bits per heavy atom. The van der Waals surface area contributed by atoms with Crippen LogP contribution in [-0.4, -0.2) is 70.0 Å². The molecule has 1 saturated heterocycles. The first-order chi connectivity index (χ1) is 21.6. The number of ether oxygens (including phenoxy) is 1. The van der Waals surface area contributed by atoms with E-state index in [0.717, 1.165) is 87.5 Å². The Morgan fingerprint density at radius 3 is 2.52 bits per heavy atom. The van der Waals surface area contributed by atoms with E-state index < -0.39 is 0 Å². The van der Waals surface area contributed by atoms with Gasteiger partial charge >= 0.3 is 0 Å². The average Bonchev–Trinajstić information content (AvgIpc) is 3.66. The number of hydrogen-bond donors (Lipinski definition) is 1. The molecule has 0 atom stereocenters. The smallest absolute Gasteiger partial charge is 0.159 e. The van der Waals surface area contributed by atoms with Gasteiger partial charge in [-0.3, -0.25) is 9.67 Å². The van der Waals surface area contributed by atoms with Crippen molar-refractivity contribution in [2.24, 2.45) is 0 Å². The van der Waals surface area contributed by atoms with Crippen LogP contribution in [0.3, 0.4) is 0 Å². The molecule has 8 nitrogen and oxygen atoms in total. The topological polar surface area (TPSA) is 75.1 Å². The first-order valence-electron chi connectivity index (χ1n) is 15.0. The molecule has 0 aliphatic carbocycles. The minimum Gasteiger partial charge on any atom is -0.497 e. The highest BCUT2D eigenvalue weighted by atomic mass is 16.5. The summed E-state index contributed by atoms with van der Waals surface area (Å²) in [5, 5.41) is 8.51. The lowest BCUT2D eigenvalue weighted by molar-refractivity contribution is 0.313. The van der Waals surface area contributed by atoms with Crippen LogP contribution in [0.1, 0.15) is 5.56 Å². The molecule has 1 aliphatic rings. The predicted octanol–water partition coefficient (Wildman–Crippen LogP) is 6.60. The molecule has 0 bridgehead atoms. The fourth-order valence-corrected chi connectivity index (χ4v) is 6.26. The number of rotatable bonds is 6. The van der Waals surface area contributed by atoms with Gasteiger partial charge in [-0.2, -0.15) is 5.10 Å². The van der Waals surface area contributed by atoms with E-state index in [0.29, 0.717) is 6.54 Å². The molecule has 1 fully saturated rings. The Bertz CT molecular complexity index is 2120. The van der Waals surface area contributed by atoms with Crippen LogP contribution in [0, 0.1) is 0 Å². The normalized spacial score (nSPS) is 14.2. The SMILES string of the molecule is COc1ccc(Cn2nc(-c3nc4cc(N5CCN(C)CC5)ccc4[nH]3)c3cc(-c4cncc5ccccc45)ccc32)cc1. The Morgan fingerprint density at radius 2 is 1.68 bits per heavy atom. The van der Waals surface area contributed by atoms with Crippen LogP contribution >= 0.6 is 0 Å². The van der Waals surface area contributed by atoms with E-state index in [9.17, 15) is 0 Å². The molecule has 1 aliphatic heterocycles. The number of H-pyrrole nitrogens is 1. The third kappa shape index (κ3) is 4.73. The molecule has 0 unspecified atom stereocenters. The molecule has 0 saturated carbocycles. The van der Waals surface area contributed by atoms with Gasteiger partial charge in [0.05, 0.1) is 30.2 Å². The molecule has 44 heavy (non-hydrogen) atoms. The second kappa shape index (κ2) is 10.8. The van der Waals surface area contributed by atoms with Crippen LogP contribution in [0.5, 0.6) is 5.75 Å². The van der Waals surface area contributed by atoms with Crippen LogP contribution in [0.2, 0.25) is 0 Å². The van der Waals surface area contributed by atoms with Crippen LogP contribution in [0.15, 0.2) is 97.3 Å². The summed E-state index contributed by atoms with van der Waals surface area (Å²) >= 11 is 0. The van der Waals surface area contributed by atoms with Crippen molar-refractivity contribution >= 4 is 38.4 Å². The maximum atomic E-state index is 5.37. The fraction of sp³-hybridized carbons (Fsp3) is 0.194. The van der Waals surface area contributed by atoms with E-state index in [4.69, 9.17) is 14.8 Å². The van der Waals surface area contributed by atoms with Gasteiger partial charge in [-0.15, -0.1) is 0 Å². The van der Waals surface area contributed by atoms with E-state index >= 15 is 0 Å². The van der Waals surface area contributed by atoms with Gasteiger partial charge in [0, 0.05) is 60.6 Å². The number of likely N-dealkylation sites (N-methyl/N-ethyl adjacent to an activating group) is 1. The van der Waals surface area contributed by atoms with Gasteiger partial charge in [0.25, 0.3) is 0 Å². The summed E-state index contributed by atoms with van der Waals surface area (Å²) in [5.41, 5.74) is 8.39. The second-order valence-electron chi connectivity index (χ2n) is 11.6. The van der Waals surface area contributed by atoms with Crippen molar-refractivity contribution < 1.29 is 4.74 Å². The van der Waals surface area contributed by atoms with Crippen molar-refractivity contribution in [1.82, 2.24) is 29.6 Å². The van der Waals surface area contributed by atoms with Crippen molar-refractivity contribution in [2.45, 2.75) is 6.54 Å². The second-order valence-corrected chi connectivity index (χ2v) is 11.6. The molecule has 3 aromatic heterocycles. The molecular weight excluding hydrogens is 546 g/mol. The average molecular weight is 580 g/mol. The number of methoxy groups -OCH3 is 1. The van der Waals surface area contributed by atoms with Crippen LogP contribution in [-0.2, 0) is 6.54 Å². The summed E-state index contributed by atoms with van der Waals surface area (Å²) in [5.74, 6) is 1.61. The van der Waals surface area contributed by atoms with E-state index in [1.807, 2.05) is 24.5 Å². The van der Waals surface area contributed by atoms with Gasteiger partial charge in [0.15, 0.2) is 5.82 Å². The number of aromatic nitrogens is 5. The Labute approximate surface area is 255 Å². The summed E-state index contributed by atoms with van der Waals surface area (Å²) < 4.78 is 7.44. The van der Waals surface area contributed by atoms with Gasteiger partial charge < -0.3 is 19.5 Å². The van der Waals surface area contributed by atoms with Crippen molar-refractivity contribution in [2.75, 3.05) is 45.2 Å². The lowest BCUT2D eigenvalue weighted by atomic mass is 9.99. The molecule has 4 aromatic carbocycles. The van der Waals surface area contributed by atoms with Gasteiger partial charge in [0.2, 0.25) is 0 Å². The maximum Gasteiger partial charge on any atom is 0.159 e. The largest absolute Gasteiger partial charge is 0.497 e.